The normalized spacial score (nSPS) is 21.5. The highest BCUT2D eigenvalue weighted by atomic mass is 16.6. The molecule has 0 saturated heterocycles. The second-order valence-corrected chi connectivity index (χ2v) is 8.34. The van der Waals surface area contributed by atoms with Gasteiger partial charge in [-0.15, -0.1) is 0 Å². The standard InChI is InChI=1S/C23H27NO7/c1-14(10-21(26)27)8-9-23(28)15(2)18(19(25)13-22(23,3)4)11-16-6-7-17(24(29)30)12-20(16)31-5/h6-10,12,28H,11,13H2,1-5H3,(H,26,27)/b9-8+,14-10-/t23-/m1/s1. The molecule has 8 nitrogen and oxygen atoms in total. The van der Waals surface area contributed by atoms with Crippen molar-refractivity contribution in [2.24, 2.45) is 5.41 Å². The van der Waals surface area contributed by atoms with Crippen LogP contribution in [0.3, 0.4) is 0 Å². The quantitative estimate of drug-likeness (QED) is 0.292. The summed E-state index contributed by atoms with van der Waals surface area (Å²) in [5.74, 6) is -0.935. The van der Waals surface area contributed by atoms with E-state index >= 15 is 0 Å². The molecule has 0 spiro atoms. The number of carbonyl (C=O) groups excluding carboxylic acids is 1. The molecule has 31 heavy (non-hydrogen) atoms. The Hall–Kier alpha value is -3.26. The number of methoxy groups -OCH3 is 1. The molecule has 0 unspecified atom stereocenters. The van der Waals surface area contributed by atoms with Crippen LogP contribution in [0.1, 0.15) is 39.7 Å². The minimum Gasteiger partial charge on any atom is -0.496 e. The zero-order valence-corrected chi connectivity index (χ0v) is 18.3. The zero-order valence-electron chi connectivity index (χ0n) is 18.3. The van der Waals surface area contributed by atoms with Crippen molar-refractivity contribution < 1.29 is 29.5 Å². The van der Waals surface area contributed by atoms with Crippen LogP contribution in [0.15, 0.2) is 53.1 Å². The molecule has 1 atom stereocenters. The van der Waals surface area contributed by atoms with Crippen LogP contribution >= 0.6 is 0 Å². The molecule has 1 aliphatic carbocycles. The van der Waals surface area contributed by atoms with Gasteiger partial charge in [0, 0.05) is 36.0 Å². The van der Waals surface area contributed by atoms with E-state index in [-0.39, 0.29) is 30.1 Å². The summed E-state index contributed by atoms with van der Waals surface area (Å²) >= 11 is 0. The van der Waals surface area contributed by atoms with Crippen molar-refractivity contribution in [3.05, 3.63) is 68.8 Å². The number of carboxylic acids is 1. The summed E-state index contributed by atoms with van der Waals surface area (Å²) in [5, 5.41) is 31.5. The maximum Gasteiger partial charge on any atom is 0.328 e. The molecule has 166 valence electrons. The Kier molecular flexibility index (Phi) is 6.86. The Labute approximate surface area is 180 Å². The summed E-state index contributed by atoms with van der Waals surface area (Å²) in [6.45, 7) is 6.83. The van der Waals surface area contributed by atoms with Crippen molar-refractivity contribution in [2.75, 3.05) is 7.11 Å². The first-order valence-corrected chi connectivity index (χ1v) is 9.70. The number of nitrogens with zero attached hydrogens (tertiary/aromatic N) is 1. The number of non-ortho nitro benzene ring substituents is 1. The lowest BCUT2D eigenvalue weighted by molar-refractivity contribution is -0.384. The molecule has 0 radical (unpaired) electrons. The number of Topliss-reactive ketones (excluding diaryl/α,β-unsaturated/α-hetero) is 1. The number of aliphatic hydroxyl groups is 1. The summed E-state index contributed by atoms with van der Waals surface area (Å²) in [6.07, 6.45) is 4.30. The van der Waals surface area contributed by atoms with E-state index in [0.717, 1.165) is 6.08 Å². The molecule has 0 saturated carbocycles. The fourth-order valence-electron chi connectivity index (χ4n) is 3.85. The number of hydrogen-bond acceptors (Lipinski definition) is 6. The summed E-state index contributed by atoms with van der Waals surface area (Å²) in [7, 11) is 1.40. The van der Waals surface area contributed by atoms with Gasteiger partial charge >= 0.3 is 5.97 Å². The number of ketones is 1. The number of ether oxygens (including phenoxy) is 1. The van der Waals surface area contributed by atoms with Crippen LogP contribution in [0.4, 0.5) is 5.69 Å². The molecule has 1 aliphatic rings. The highest BCUT2D eigenvalue weighted by Crippen LogP contribution is 2.47. The number of hydrogen-bond donors (Lipinski definition) is 2. The first-order valence-electron chi connectivity index (χ1n) is 9.70. The number of rotatable bonds is 7. The highest BCUT2D eigenvalue weighted by Gasteiger charge is 2.49. The second-order valence-electron chi connectivity index (χ2n) is 8.34. The number of nitro benzene ring substituents is 1. The van der Waals surface area contributed by atoms with Gasteiger partial charge in [0.25, 0.3) is 5.69 Å². The predicted molar refractivity (Wildman–Crippen MR) is 115 cm³/mol. The third kappa shape index (κ3) is 4.91. The number of carbonyl (C=O) groups is 2. The summed E-state index contributed by atoms with van der Waals surface area (Å²) < 4.78 is 5.28. The van der Waals surface area contributed by atoms with Gasteiger partial charge in [-0.3, -0.25) is 14.9 Å². The van der Waals surface area contributed by atoms with E-state index in [1.165, 1.54) is 31.4 Å². The van der Waals surface area contributed by atoms with E-state index in [0.29, 0.717) is 22.3 Å². The number of carboxylic acid groups (broad SMARTS) is 1. The molecular formula is C23H27NO7. The molecule has 1 aromatic rings. The molecule has 0 fully saturated rings. The number of allylic oxidation sites excluding steroid dienone is 3. The lowest BCUT2D eigenvalue weighted by atomic mass is 9.62. The minimum absolute atomic E-state index is 0.0809. The van der Waals surface area contributed by atoms with E-state index in [2.05, 4.69) is 0 Å². The Morgan fingerprint density at radius 1 is 1.35 bits per heavy atom. The van der Waals surface area contributed by atoms with Crippen LogP contribution in [0, 0.1) is 15.5 Å². The Morgan fingerprint density at radius 3 is 2.55 bits per heavy atom. The van der Waals surface area contributed by atoms with Crippen molar-refractivity contribution in [3.8, 4) is 5.75 Å². The van der Waals surface area contributed by atoms with Crippen LogP contribution in [0.2, 0.25) is 0 Å². The number of benzene rings is 1. The second kappa shape index (κ2) is 8.85. The molecule has 8 heteroatoms. The fourth-order valence-corrected chi connectivity index (χ4v) is 3.85. The maximum absolute atomic E-state index is 12.9. The van der Waals surface area contributed by atoms with Gasteiger partial charge in [0.1, 0.15) is 11.4 Å². The molecule has 0 bridgehead atoms. The predicted octanol–water partition coefficient (Wildman–Crippen LogP) is 3.78. The molecule has 2 rings (SSSR count). The van der Waals surface area contributed by atoms with Gasteiger partial charge in [-0.1, -0.05) is 19.9 Å². The van der Waals surface area contributed by atoms with Gasteiger partial charge in [-0.2, -0.15) is 0 Å². The maximum atomic E-state index is 12.9. The average Bonchev–Trinajstić information content (AvgIpc) is 2.67. The highest BCUT2D eigenvalue weighted by molar-refractivity contribution is 5.99. The van der Waals surface area contributed by atoms with Crippen LogP contribution in [-0.4, -0.2) is 39.6 Å². The summed E-state index contributed by atoms with van der Waals surface area (Å²) in [4.78, 5) is 34.3. The molecule has 0 heterocycles. The summed E-state index contributed by atoms with van der Waals surface area (Å²) in [5.41, 5.74) is -0.548. The Balaban J connectivity index is 2.55. The van der Waals surface area contributed by atoms with E-state index in [1.54, 1.807) is 33.8 Å². The van der Waals surface area contributed by atoms with E-state index in [9.17, 15) is 24.8 Å². The van der Waals surface area contributed by atoms with Crippen LogP contribution in [-0.2, 0) is 16.0 Å². The smallest absolute Gasteiger partial charge is 0.328 e. The van der Waals surface area contributed by atoms with Gasteiger partial charge in [-0.05, 0) is 42.7 Å². The minimum atomic E-state index is -1.49. The van der Waals surface area contributed by atoms with Crippen LogP contribution in [0.25, 0.3) is 0 Å². The first-order chi connectivity index (χ1) is 14.3. The summed E-state index contributed by atoms with van der Waals surface area (Å²) in [6, 6.07) is 4.19. The molecule has 1 aromatic carbocycles. The molecule has 0 aliphatic heterocycles. The monoisotopic (exact) mass is 429 g/mol. The fraction of sp³-hybridized carbons (Fsp3) is 0.391. The molecular weight excluding hydrogens is 402 g/mol. The van der Waals surface area contributed by atoms with Gasteiger partial charge < -0.3 is 14.9 Å². The SMILES string of the molecule is COc1cc([N+](=O)[O-])ccc1CC1=C(C)[C@](O)(/C=C/C(C)=C\C(=O)O)C(C)(C)CC1=O. The van der Waals surface area contributed by atoms with E-state index in [1.807, 2.05) is 0 Å². The number of aliphatic carboxylic acids is 1. The van der Waals surface area contributed by atoms with Gasteiger partial charge in [-0.25, -0.2) is 4.79 Å². The molecule has 0 aromatic heterocycles. The average molecular weight is 429 g/mol. The van der Waals surface area contributed by atoms with Crippen molar-refractivity contribution in [2.45, 2.75) is 46.1 Å². The largest absolute Gasteiger partial charge is 0.496 e. The number of nitro groups is 1. The lowest BCUT2D eigenvalue weighted by Gasteiger charge is -2.46. The van der Waals surface area contributed by atoms with E-state index < -0.39 is 21.9 Å². The van der Waals surface area contributed by atoms with Crippen molar-refractivity contribution in [1.29, 1.82) is 0 Å². The Bertz CT molecular complexity index is 1020. The molecule has 2 N–H and O–H groups in total. The van der Waals surface area contributed by atoms with Crippen LogP contribution < -0.4 is 4.74 Å². The first kappa shape index (κ1) is 24.0. The van der Waals surface area contributed by atoms with Crippen molar-refractivity contribution in [3.63, 3.8) is 0 Å². The lowest BCUT2D eigenvalue weighted by Crippen LogP contribution is -2.49. The Morgan fingerprint density at radius 2 is 2.00 bits per heavy atom. The zero-order chi connectivity index (χ0) is 23.6. The van der Waals surface area contributed by atoms with Crippen molar-refractivity contribution >= 4 is 17.4 Å². The van der Waals surface area contributed by atoms with E-state index in [4.69, 9.17) is 9.84 Å². The third-order valence-corrected chi connectivity index (χ3v) is 5.78. The van der Waals surface area contributed by atoms with Gasteiger partial charge in [0.15, 0.2) is 5.78 Å². The van der Waals surface area contributed by atoms with Crippen LogP contribution in [0.5, 0.6) is 5.75 Å². The topological polar surface area (TPSA) is 127 Å². The van der Waals surface area contributed by atoms with Crippen molar-refractivity contribution in [1.82, 2.24) is 0 Å². The van der Waals surface area contributed by atoms with Gasteiger partial charge in [0.05, 0.1) is 18.1 Å². The molecule has 0 amide bonds. The van der Waals surface area contributed by atoms with Gasteiger partial charge in [0.2, 0.25) is 0 Å². The third-order valence-electron chi connectivity index (χ3n) is 5.78.